The first kappa shape index (κ1) is 32.4. The van der Waals surface area contributed by atoms with E-state index in [1.165, 1.54) is 10.8 Å². The monoisotopic (exact) mass is 688 g/mol. The summed E-state index contributed by atoms with van der Waals surface area (Å²) in [6, 6.07) is 68.8. The van der Waals surface area contributed by atoms with Gasteiger partial charge in [-0.1, -0.05) is 170 Å². The van der Waals surface area contributed by atoms with Crippen LogP contribution in [0.5, 0.6) is 0 Å². The Hall–Kier alpha value is -7.48. The molecule has 0 fully saturated rings. The van der Waals surface area contributed by atoms with Crippen molar-refractivity contribution in [1.29, 1.82) is 5.26 Å². The van der Waals surface area contributed by atoms with Gasteiger partial charge in [0.25, 0.3) is 0 Å². The molecule has 0 aliphatic rings. The van der Waals surface area contributed by atoms with E-state index in [0.29, 0.717) is 23.0 Å². The number of rotatable bonds is 7. The second kappa shape index (κ2) is 14.3. The van der Waals surface area contributed by atoms with Gasteiger partial charge in [0.15, 0.2) is 17.5 Å². The van der Waals surface area contributed by atoms with Gasteiger partial charge in [-0.2, -0.15) is 5.26 Å². The van der Waals surface area contributed by atoms with Crippen LogP contribution in [0.4, 0.5) is 0 Å². The van der Waals surface area contributed by atoms with Crippen molar-refractivity contribution >= 4 is 10.8 Å². The fourth-order valence-corrected chi connectivity index (χ4v) is 7.02. The zero-order valence-corrected chi connectivity index (χ0v) is 29.3. The van der Waals surface area contributed by atoms with Crippen LogP contribution in [0.3, 0.4) is 0 Å². The highest BCUT2D eigenvalue weighted by atomic mass is 15.0. The number of hydrogen-bond donors (Lipinski definition) is 0. The van der Waals surface area contributed by atoms with Crippen molar-refractivity contribution in [3.05, 3.63) is 200 Å². The third-order valence-corrected chi connectivity index (χ3v) is 9.80. The van der Waals surface area contributed by atoms with Gasteiger partial charge in [-0.15, -0.1) is 0 Å². The molecular weight excluding hydrogens is 657 g/mol. The number of benzene rings is 8. The quantitative estimate of drug-likeness (QED) is 0.167. The lowest BCUT2D eigenvalue weighted by atomic mass is 9.92. The fraction of sp³-hybridized carbons (Fsp3) is 0. The number of nitriles is 1. The zero-order chi connectivity index (χ0) is 36.3. The minimum atomic E-state index is 0.576. The maximum atomic E-state index is 9.35. The third-order valence-electron chi connectivity index (χ3n) is 9.80. The van der Waals surface area contributed by atoms with E-state index < -0.39 is 0 Å². The largest absolute Gasteiger partial charge is 0.208 e. The van der Waals surface area contributed by atoms with Crippen LogP contribution >= 0.6 is 0 Å². The lowest BCUT2D eigenvalue weighted by molar-refractivity contribution is 1.07. The van der Waals surface area contributed by atoms with Gasteiger partial charge >= 0.3 is 0 Å². The summed E-state index contributed by atoms with van der Waals surface area (Å²) in [7, 11) is 0. The molecule has 0 atom stereocenters. The third kappa shape index (κ3) is 6.43. The smallest absolute Gasteiger partial charge is 0.164 e. The van der Waals surface area contributed by atoms with E-state index in [1.54, 1.807) is 0 Å². The van der Waals surface area contributed by atoms with E-state index in [1.807, 2.05) is 48.5 Å². The molecule has 9 aromatic rings. The Labute approximate surface area is 314 Å². The van der Waals surface area contributed by atoms with Crippen LogP contribution in [0.15, 0.2) is 194 Å². The molecule has 252 valence electrons. The molecule has 0 aliphatic heterocycles. The van der Waals surface area contributed by atoms with Crippen molar-refractivity contribution < 1.29 is 0 Å². The highest BCUT2D eigenvalue weighted by molar-refractivity contribution is 5.98. The summed E-state index contributed by atoms with van der Waals surface area (Å²) in [5.41, 5.74) is 12.0. The van der Waals surface area contributed by atoms with Crippen molar-refractivity contribution in [2.24, 2.45) is 0 Å². The number of nitrogens with zero attached hydrogens (tertiary/aromatic N) is 4. The van der Waals surface area contributed by atoms with Crippen LogP contribution in [0.2, 0.25) is 0 Å². The summed E-state index contributed by atoms with van der Waals surface area (Å²) >= 11 is 0. The van der Waals surface area contributed by atoms with E-state index in [2.05, 4.69) is 152 Å². The van der Waals surface area contributed by atoms with E-state index in [9.17, 15) is 5.26 Å². The number of hydrogen-bond acceptors (Lipinski definition) is 4. The number of fused-ring (bicyclic) bond motifs is 1. The molecule has 0 radical (unpaired) electrons. The Morgan fingerprint density at radius 1 is 0.315 bits per heavy atom. The molecule has 1 aromatic heterocycles. The van der Waals surface area contributed by atoms with Gasteiger partial charge in [0.2, 0.25) is 0 Å². The van der Waals surface area contributed by atoms with Crippen molar-refractivity contribution in [2.45, 2.75) is 0 Å². The molecule has 0 bridgehead atoms. The van der Waals surface area contributed by atoms with Crippen LogP contribution in [-0.4, -0.2) is 15.0 Å². The summed E-state index contributed by atoms with van der Waals surface area (Å²) in [6.45, 7) is 0. The van der Waals surface area contributed by atoms with Gasteiger partial charge < -0.3 is 0 Å². The van der Waals surface area contributed by atoms with Crippen molar-refractivity contribution in [2.75, 3.05) is 0 Å². The molecule has 4 heteroatoms. The molecule has 0 aliphatic carbocycles. The Kier molecular flexibility index (Phi) is 8.57. The Morgan fingerprint density at radius 3 is 1.59 bits per heavy atom. The predicted octanol–water partition coefficient (Wildman–Crippen LogP) is 12.6. The number of aromatic nitrogens is 3. The minimum Gasteiger partial charge on any atom is -0.208 e. The van der Waals surface area contributed by atoms with Crippen molar-refractivity contribution in [3.63, 3.8) is 0 Å². The van der Waals surface area contributed by atoms with Crippen LogP contribution in [0.25, 0.3) is 89.4 Å². The standard InChI is InChI=1S/C50H32N4/c51-33-34-21-23-37(24-22-34)41-17-9-18-43(31-41)49-52-48(40-27-25-36(26-28-40)35-11-3-1-4-12-35)53-50(54-49)47-32-42(29-30-46(47)38-13-5-2-6-14-38)45-20-10-16-39-15-7-8-19-44(39)45/h1-32H. The summed E-state index contributed by atoms with van der Waals surface area (Å²) in [5.74, 6) is 1.76. The summed E-state index contributed by atoms with van der Waals surface area (Å²) in [5, 5.41) is 11.7. The molecule has 9 rings (SSSR count). The molecule has 0 N–H and O–H groups in total. The first-order valence-corrected chi connectivity index (χ1v) is 17.9. The maximum Gasteiger partial charge on any atom is 0.164 e. The Bertz CT molecular complexity index is 2800. The molecule has 0 saturated heterocycles. The molecule has 1 heterocycles. The van der Waals surface area contributed by atoms with Crippen molar-refractivity contribution in [1.82, 2.24) is 15.0 Å². The summed E-state index contributed by atoms with van der Waals surface area (Å²) < 4.78 is 0. The molecule has 0 spiro atoms. The summed E-state index contributed by atoms with van der Waals surface area (Å²) in [4.78, 5) is 15.6. The zero-order valence-electron chi connectivity index (χ0n) is 29.3. The molecule has 54 heavy (non-hydrogen) atoms. The predicted molar refractivity (Wildman–Crippen MR) is 220 cm³/mol. The lowest BCUT2D eigenvalue weighted by Gasteiger charge is -2.15. The average Bonchev–Trinajstić information content (AvgIpc) is 3.26. The van der Waals surface area contributed by atoms with E-state index in [4.69, 9.17) is 15.0 Å². The highest BCUT2D eigenvalue weighted by Crippen LogP contribution is 2.38. The molecular formula is C50H32N4. The SMILES string of the molecule is N#Cc1ccc(-c2cccc(-c3nc(-c4ccc(-c5ccccc5)cc4)nc(-c4cc(-c5cccc6ccccc56)ccc4-c4ccccc4)n3)c2)cc1. The maximum absolute atomic E-state index is 9.35. The van der Waals surface area contributed by atoms with E-state index in [-0.39, 0.29) is 0 Å². The van der Waals surface area contributed by atoms with Crippen LogP contribution in [0, 0.1) is 11.3 Å². The first-order chi connectivity index (χ1) is 26.7. The summed E-state index contributed by atoms with van der Waals surface area (Å²) in [6.07, 6.45) is 0. The first-order valence-electron chi connectivity index (χ1n) is 17.9. The van der Waals surface area contributed by atoms with E-state index in [0.717, 1.165) is 61.2 Å². The van der Waals surface area contributed by atoms with Gasteiger partial charge in [-0.05, 0) is 79.5 Å². The lowest BCUT2D eigenvalue weighted by Crippen LogP contribution is -2.01. The second-order valence-electron chi connectivity index (χ2n) is 13.2. The van der Waals surface area contributed by atoms with Crippen molar-refractivity contribution in [3.8, 4) is 84.7 Å². The van der Waals surface area contributed by atoms with Crippen LogP contribution < -0.4 is 0 Å². The molecule has 4 nitrogen and oxygen atoms in total. The normalized spacial score (nSPS) is 10.9. The highest BCUT2D eigenvalue weighted by Gasteiger charge is 2.18. The average molecular weight is 689 g/mol. The molecule has 8 aromatic carbocycles. The molecule has 0 saturated carbocycles. The van der Waals surface area contributed by atoms with Gasteiger partial charge in [0, 0.05) is 16.7 Å². The second-order valence-corrected chi connectivity index (χ2v) is 13.2. The molecule has 0 amide bonds. The molecule has 0 unspecified atom stereocenters. The van der Waals surface area contributed by atoms with E-state index >= 15 is 0 Å². The Morgan fingerprint density at radius 2 is 0.833 bits per heavy atom. The van der Waals surface area contributed by atoms with Gasteiger partial charge in [-0.25, -0.2) is 15.0 Å². The van der Waals surface area contributed by atoms with Crippen LogP contribution in [-0.2, 0) is 0 Å². The Balaban J connectivity index is 1.25. The minimum absolute atomic E-state index is 0.576. The van der Waals surface area contributed by atoms with Gasteiger partial charge in [0.05, 0.1) is 11.6 Å². The topological polar surface area (TPSA) is 62.5 Å². The van der Waals surface area contributed by atoms with Crippen LogP contribution in [0.1, 0.15) is 5.56 Å². The van der Waals surface area contributed by atoms with Gasteiger partial charge in [0.1, 0.15) is 0 Å². The van der Waals surface area contributed by atoms with Gasteiger partial charge in [-0.3, -0.25) is 0 Å². The fourth-order valence-electron chi connectivity index (χ4n) is 7.02.